The fourth-order valence-electron chi connectivity index (χ4n) is 2.34. The highest BCUT2D eigenvalue weighted by Crippen LogP contribution is 2.22. The van der Waals surface area contributed by atoms with Gasteiger partial charge in [-0.15, -0.1) is 0 Å². The van der Waals surface area contributed by atoms with E-state index in [2.05, 4.69) is 0 Å². The van der Waals surface area contributed by atoms with Crippen molar-refractivity contribution in [1.29, 1.82) is 0 Å². The number of benzene rings is 1. The second kappa shape index (κ2) is 7.28. The molecule has 0 N–H and O–H groups in total. The second-order valence-electron chi connectivity index (χ2n) is 4.98. The summed E-state index contributed by atoms with van der Waals surface area (Å²) in [5.41, 5.74) is 0.809. The van der Waals surface area contributed by atoms with E-state index in [0.717, 1.165) is 31.4 Å². The van der Waals surface area contributed by atoms with Crippen LogP contribution in [0.4, 0.5) is 0 Å². The number of hydrogen-bond donors (Lipinski definition) is 0. The number of hydrogen-bond acceptors (Lipinski definition) is 2. The molecule has 2 nitrogen and oxygen atoms in total. The molecule has 1 aliphatic heterocycles. The standard InChI is InChI=1S/C15H18Cl2O2/c16-12-4-7-15(17)11(9-12)10-13(18)5-6-14-3-1-2-8-19-14/h4,7,9,14H,1-3,5-6,8,10H2. The lowest BCUT2D eigenvalue weighted by Crippen LogP contribution is -2.20. The van der Waals surface area contributed by atoms with Gasteiger partial charge in [0.05, 0.1) is 6.10 Å². The summed E-state index contributed by atoms with van der Waals surface area (Å²) < 4.78 is 5.62. The minimum absolute atomic E-state index is 0.193. The Labute approximate surface area is 124 Å². The molecular formula is C15H18Cl2O2. The number of ketones is 1. The van der Waals surface area contributed by atoms with Crippen LogP contribution in [0.15, 0.2) is 18.2 Å². The molecule has 0 spiro atoms. The van der Waals surface area contributed by atoms with E-state index < -0.39 is 0 Å². The smallest absolute Gasteiger partial charge is 0.137 e. The third-order valence-electron chi connectivity index (χ3n) is 3.41. The molecule has 0 radical (unpaired) electrons. The topological polar surface area (TPSA) is 26.3 Å². The highest BCUT2D eigenvalue weighted by Gasteiger charge is 2.16. The third kappa shape index (κ3) is 4.79. The average Bonchev–Trinajstić information content (AvgIpc) is 2.42. The average molecular weight is 301 g/mol. The van der Waals surface area contributed by atoms with Crippen LogP contribution in [0.3, 0.4) is 0 Å². The van der Waals surface area contributed by atoms with Crippen LogP contribution < -0.4 is 0 Å². The molecule has 0 amide bonds. The quantitative estimate of drug-likeness (QED) is 0.803. The number of rotatable bonds is 5. The number of carbonyl (C=O) groups excluding carboxylic acids is 1. The lowest BCUT2D eigenvalue weighted by molar-refractivity contribution is -0.119. The van der Waals surface area contributed by atoms with E-state index >= 15 is 0 Å². The molecule has 1 saturated heterocycles. The maximum absolute atomic E-state index is 12.0. The molecule has 0 saturated carbocycles. The van der Waals surface area contributed by atoms with Gasteiger partial charge in [0.1, 0.15) is 5.78 Å². The normalized spacial score (nSPS) is 19.4. The second-order valence-corrected chi connectivity index (χ2v) is 5.82. The van der Waals surface area contributed by atoms with Gasteiger partial charge in [-0.1, -0.05) is 23.2 Å². The van der Waals surface area contributed by atoms with E-state index in [1.807, 2.05) is 0 Å². The Balaban J connectivity index is 1.81. The van der Waals surface area contributed by atoms with Gasteiger partial charge in [0.2, 0.25) is 0 Å². The Bertz CT molecular complexity index is 440. The van der Waals surface area contributed by atoms with Gasteiger partial charge < -0.3 is 4.74 Å². The number of carbonyl (C=O) groups is 1. The molecule has 1 heterocycles. The Morgan fingerprint density at radius 3 is 2.89 bits per heavy atom. The summed E-state index contributed by atoms with van der Waals surface area (Å²) in [7, 11) is 0. The van der Waals surface area contributed by atoms with Crippen molar-refractivity contribution in [3.05, 3.63) is 33.8 Å². The third-order valence-corrected chi connectivity index (χ3v) is 4.02. The molecule has 0 aliphatic carbocycles. The van der Waals surface area contributed by atoms with Crippen molar-refractivity contribution in [2.75, 3.05) is 6.61 Å². The Hall–Kier alpha value is -0.570. The van der Waals surface area contributed by atoms with Crippen LogP contribution in [0.1, 0.15) is 37.7 Å². The predicted molar refractivity (Wildman–Crippen MR) is 78.0 cm³/mol. The molecule has 2 rings (SSSR count). The van der Waals surface area contributed by atoms with E-state index in [0.29, 0.717) is 22.9 Å². The Kier molecular flexibility index (Phi) is 5.68. The molecule has 1 fully saturated rings. The van der Waals surface area contributed by atoms with Gasteiger partial charge in [-0.05, 0) is 49.4 Å². The molecule has 1 atom stereocenters. The Morgan fingerprint density at radius 1 is 1.32 bits per heavy atom. The molecular weight excluding hydrogens is 283 g/mol. The number of ether oxygens (including phenoxy) is 1. The van der Waals surface area contributed by atoms with Crippen LogP contribution in [0, 0.1) is 0 Å². The van der Waals surface area contributed by atoms with Gasteiger partial charge >= 0.3 is 0 Å². The highest BCUT2D eigenvalue weighted by atomic mass is 35.5. The summed E-state index contributed by atoms with van der Waals surface area (Å²) in [5, 5.41) is 1.22. The minimum Gasteiger partial charge on any atom is -0.378 e. The van der Waals surface area contributed by atoms with E-state index in [1.165, 1.54) is 6.42 Å². The zero-order valence-electron chi connectivity index (χ0n) is 10.8. The molecule has 1 aliphatic rings. The van der Waals surface area contributed by atoms with Gasteiger partial charge in [0.25, 0.3) is 0 Å². The summed E-state index contributed by atoms with van der Waals surface area (Å²) in [4.78, 5) is 12.0. The number of halogens is 2. The summed E-state index contributed by atoms with van der Waals surface area (Å²) >= 11 is 12.0. The van der Waals surface area contributed by atoms with Crippen LogP contribution >= 0.6 is 23.2 Å². The minimum atomic E-state index is 0.193. The van der Waals surface area contributed by atoms with Gasteiger partial charge in [-0.3, -0.25) is 4.79 Å². The van der Waals surface area contributed by atoms with Crippen molar-refractivity contribution in [2.24, 2.45) is 0 Å². The summed E-state index contributed by atoms with van der Waals surface area (Å²) in [5.74, 6) is 0.193. The van der Waals surface area contributed by atoms with E-state index in [1.54, 1.807) is 18.2 Å². The van der Waals surface area contributed by atoms with Crippen LogP contribution in [-0.2, 0) is 16.0 Å². The van der Waals surface area contributed by atoms with Crippen LogP contribution in [0.5, 0.6) is 0 Å². The molecule has 0 aromatic heterocycles. The first-order chi connectivity index (χ1) is 9.15. The monoisotopic (exact) mass is 300 g/mol. The van der Waals surface area contributed by atoms with Gasteiger partial charge in [0, 0.05) is 29.5 Å². The fourth-order valence-corrected chi connectivity index (χ4v) is 2.72. The van der Waals surface area contributed by atoms with Crippen molar-refractivity contribution < 1.29 is 9.53 Å². The maximum atomic E-state index is 12.0. The lowest BCUT2D eigenvalue weighted by atomic mass is 10.0. The predicted octanol–water partition coefficient (Wildman–Crippen LogP) is 4.45. The summed E-state index contributed by atoms with van der Waals surface area (Å²) in [6, 6.07) is 5.23. The zero-order valence-corrected chi connectivity index (χ0v) is 12.3. The zero-order chi connectivity index (χ0) is 13.7. The van der Waals surface area contributed by atoms with Crippen molar-refractivity contribution in [3.63, 3.8) is 0 Å². The lowest BCUT2D eigenvalue weighted by Gasteiger charge is -2.22. The highest BCUT2D eigenvalue weighted by molar-refractivity contribution is 6.33. The molecule has 1 aromatic carbocycles. The molecule has 1 unspecified atom stereocenters. The van der Waals surface area contributed by atoms with Gasteiger partial charge in [0.15, 0.2) is 0 Å². The van der Waals surface area contributed by atoms with Crippen LogP contribution in [0.25, 0.3) is 0 Å². The SMILES string of the molecule is O=C(CCC1CCCCO1)Cc1cc(Cl)ccc1Cl. The first kappa shape index (κ1) is 14.8. The van der Waals surface area contributed by atoms with Crippen molar-refractivity contribution in [2.45, 2.75) is 44.6 Å². The summed E-state index contributed by atoms with van der Waals surface area (Å²) in [6.07, 6.45) is 5.40. The van der Waals surface area contributed by atoms with Crippen molar-refractivity contribution >= 4 is 29.0 Å². The number of Topliss-reactive ketones (excluding diaryl/α,β-unsaturated/α-hetero) is 1. The molecule has 104 valence electrons. The maximum Gasteiger partial charge on any atom is 0.137 e. The molecule has 4 heteroatoms. The first-order valence-electron chi connectivity index (χ1n) is 6.72. The first-order valence-corrected chi connectivity index (χ1v) is 7.48. The van der Waals surface area contributed by atoms with Gasteiger partial charge in [-0.25, -0.2) is 0 Å². The summed E-state index contributed by atoms with van der Waals surface area (Å²) in [6.45, 7) is 0.832. The molecule has 1 aromatic rings. The van der Waals surface area contributed by atoms with Crippen molar-refractivity contribution in [3.8, 4) is 0 Å². The molecule has 0 bridgehead atoms. The van der Waals surface area contributed by atoms with E-state index in [4.69, 9.17) is 27.9 Å². The van der Waals surface area contributed by atoms with Crippen molar-refractivity contribution in [1.82, 2.24) is 0 Å². The largest absolute Gasteiger partial charge is 0.378 e. The molecule has 19 heavy (non-hydrogen) atoms. The van der Waals surface area contributed by atoms with E-state index in [-0.39, 0.29) is 11.9 Å². The van der Waals surface area contributed by atoms with E-state index in [9.17, 15) is 4.79 Å². The van der Waals surface area contributed by atoms with Crippen LogP contribution in [0.2, 0.25) is 10.0 Å². The fraction of sp³-hybridized carbons (Fsp3) is 0.533. The van der Waals surface area contributed by atoms with Gasteiger partial charge in [-0.2, -0.15) is 0 Å². The Morgan fingerprint density at radius 2 is 2.16 bits per heavy atom. The van der Waals surface area contributed by atoms with Crippen LogP contribution in [-0.4, -0.2) is 18.5 Å².